The fraction of sp³-hybridized carbons (Fsp3) is 0.421. The highest BCUT2D eigenvalue weighted by Crippen LogP contribution is 2.23. The smallest absolute Gasteiger partial charge is 0.254 e. The number of hydrogen-bond acceptors (Lipinski definition) is 3. The molecule has 0 spiro atoms. The van der Waals surface area contributed by atoms with Crippen molar-refractivity contribution in [3.8, 4) is 0 Å². The van der Waals surface area contributed by atoms with Crippen LogP contribution in [0.25, 0.3) is 0 Å². The standard InChI is InChI=1S/C19H25ClN2OS/c1-4-21(5-2)13-15-7-9-16(10-8-15)19(23)22(6-3)14-17-11-12-18(20)24-17/h7-12H,4-6,13-14H2,1-3H3. The van der Waals surface area contributed by atoms with Crippen LogP contribution in [0.2, 0.25) is 4.34 Å². The van der Waals surface area contributed by atoms with Crippen molar-refractivity contribution in [1.29, 1.82) is 0 Å². The van der Waals surface area contributed by atoms with Gasteiger partial charge in [-0.15, -0.1) is 11.3 Å². The fourth-order valence-corrected chi connectivity index (χ4v) is 3.70. The summed E-state index contributed by atoms with van der Waals surface area (Å²) in [6.45, 7) is 10.6. The van der Waals surface area contributed by atoms with Crippen molar-refractivity contribution in [3.05, 3.63) is 56.7 Å². The van der Waals surface area contributed by atoms with Crippen LogP contribution >= 0.6 is 22.9 Å². The maximum Gasteiger partial charge on any atom is 0.254 e. The van der Waals surface area contributed by atoms with Gasteiger partial charge < -0.3 is 4.90 Å². The predicted octanol–water partition coefficient (Wildman–Crippen LogP) is 4.91. The summed E-state index contributed by atoms with van der Waals surface area (Å²) in [5.41, 5.74) is 1.98. The van der Waals surface area contributed by atoms with Gasteiger partial charge >= 0.3 is 0 Å². The number of hydrogen-bond donors (Lipinski definition) is 0. The van der Waals surface area contributed by atoms with E-state index in [1.165, 1.54) is 16.9 Å². The Balaban J connectivity index is 2.04. The summed E-state index contributed by atoms with van der Waals surface area (Å²) in [6, 6.07) is 11.8. The number of carbonyl (C=O) groups is 1. The average molecular weight is 365 g/mol. The minimum absolute atomic E-state index is 0.0661. The topological polar surface area (TPSA) is 23.6 Å². The molecule has 0 aliphatic carbocycles. The number of halogens is 1. The molecule has 1 amide bonds. The Kier molecular flexibility index (Phi) is 7.28. The monoisotopic (exact) mass is 364 g/mol. The van der Waals surface area contributed by atoms with E-state index in [0.717, 1.165) is 34.4 Å². The van der Waals surface area contributed by atoms with Crippen LogP contribution in [0.3, 0.4) is 0 Å². The Labute approximate surface area is 153 Å². The summed E-state index contributed by atoms with van der Waals surface area (Å²) in [7, 11) is 0. The van der Waals surface area contributed by atoms with Gasteiger partial charge in [0.15, 0.2) is 0 Å². The molecule has 0 atom stereocenters. The zero-order chi connectivity index (χ0) is 17.5. The van der Waals surface area contributed by atoms with Gasteiger partial charge in [-0.25, -0.2) is 0 Å². The van der Waals surface area contributed by atoms with E-state index in [4.69, 9.17) is 11.6 Å². The third-order valence-electron chi connectivity index (χ3n) is 4.15. The third-order valence-corrected chi connectivity index (χ3v) is 5.36. The molecule has 1 aromatic heterocycles. The molecule has 0 aliphatic rings. The van der Waals surface area contributed by atoms with Crippen molar-refractivity contribution in [2.75, 3.05) is 19.6 Å². The van der Waals surface area contributed by atoms with Gasteiger partial charge in [0.25, 0.3) is 5.91 Å². The van der Waals surface area contributed by atoms with E-state index in [9.17, 15) is 4.79 Å². The van der Waals surface area contributed by atoms with E-state index in [0.29, 0.717) is 13.1 Å². The third kappa shape index (κ3) is 5.07. The van der Waals surface area contributed by atoms with E-state index in [1.807, 2.05) is 36.1 Å². The second kappa shape index (κ2) is 9.21. The van der Waals surface area contributed by atoms with Crippen molar-refractivity contribution in [2.24, 2.45) is 0 Å². The molecule has 130 valence electrons. The number of benzene rings is 1. The summed E-state index contributed by atoms with van der Waals surface area (Å²) in [4.78, 5) is 18.0. The van der Waals surface area contributed by atoms with Gasteiger partial charge in [-0.1, -0.05) is 37.6 Å². The molecule has 0 N–H and O–H groups in total. The number of rotatable bonds is 8. The molecule has 0 fully saturated rings. The first-order valence-electron chi connectivity index (χ1n) is 8.42. The van der Waals surface area contributed by atoms with E-state index >= 15 is 0 Å². The Bertz CT molecular complexity index is 650. The summed E-state index contributed by atoms with van der Waals surface area (Å²) in [5.74, 6) is 0.0661. The SMILES string of the molecule is CCN(CC)Cc1ccc(C(=O)N(CC)Cc2ccc(Cl)s2)cc1. The van der Waals surface area contributed by atoms with Crippen LogP contribution in [0.5, 0.6) is 0 Å². The Morgan fingerprint density at radius 3 is 2.12 bits per heavy atom. The Morgan fingerprint density at radius 2 is 1.62 bits per heavy atom. The molecule has 5 heteroatoms. The molecular weight excluding hydrogens is 340 g/mol. The van der Waals surface area contributed by atoms with Crippen molar-refractivity contribution in [2.45, 2.75) is 33.9 Å². The normalized spacial score (nSPS) is 11.0. The van der Waals surface area contributed by atoms with Crippen LogP contribution in [-0.2, 0) is 13.1 Å². The summed E-state index contributed by atoms with van der Waals surface area (Å²) < 4.78 is 0.759. The zero-order valence-corrected chi connectivity index (χ0v) is 16.2. The molecule has 0 saturated carbocycles. The van der Waals surface area contributed by atoms with Crippen LogP contribution in [0.1, 0.15) is 41.6 Å². The van der Waals surface area contributed by atoms with Crippen LogP contribution in [0.15, 0.2) is 36.4 Å². The van der Waals surface area contributed by atoms with Crippen LogP contribution < -0.4 is 0 Å². The minimum Gasteiger partial charge on any atom is -0.334 e. The largest absolute Gasteiger partial charge is 0.334 e. The lowest BCUT2D eigenvalue weighted by Gasteiger charge is -2.21. The lowest BCUT2D eigenvalue weighted by atomic mass is 10.1. The van der Waals surface area contributed by atoms with Crippen molar-refractivity contribution in [3.63, 3.8) is 0 Å². The Morgan fingerprint density at radius 1 is 0.958 bits per heavy atom. The van der Waals surface area contributed by atoms with Crippen molar-refractivity contribution >= 4 is 28.8 Å². The molecule has 2 rings (SSSR count). The van der Waals surface area contributed by atoms with Crippen LogP contribution in [0.4, 0.5) is 0 Å². The molecule has 0 radical (unpaired) electrons. The highest BCUT2D eigenvalue weighted by Gasteiger charge is 2.15. The van der Waals surface area contributed by atoms with Crippen LogP contribution in [-0.4, -0.2) is 35.3 Å². The van der Waals surface area contributed by atoms with E-state index in [2.05, 4.69) is 30.9 Å². The second-order valence-corrected chi connectivity index (χ2v) is 7.48. The molecule has 1 aromatic carbocycles. The van der Waals surface area contributed by atoms with Gasteiger partial charge in [-0.3, -0.25) is 9.69 Å². The zero-order valence-electron chi connectivity index (χ0n) is 14.6. The fourth-order valence-electron chi connectivity index (χ4n) is 2.59. The highest BCUT2D eigenvalue weighted by molar-refractivity contribution is 7.16. The lowest BCUT2D eigenvalue weighted by molar-refractivity contribution is 0.0754. The maximum atomic E-state index is 12.7. The lowest BCUT2D eigenvalue weighted by Crippen LogP contribution is -2.30. The minimum atomic E-state index is 0.0661. The predicted molar refractivity (Wildman–Crippen MR) is 103 cm³/mol. The molecule has 0 unspecified atom stereocenters. The Hall–Kier alpha value is -1.36. The summed E-state index contributed by atoms with van der Waals surface area (Å²) in [6.07, 6.45) is 0. The van der Waals surface area contributed by atoms with E-state index in [-0.39, 0.29) is 5.91 Å². The number of amides is 1. The molecule has 1 heterocycles. The number of thiophene rings is 1. The summed E-state index contributed by atoms with van der Waals surface area (Å²) >= 11 is 7.50. The molecular formula is C19H25ClN2OS. The van der Waals surface area contributed by atoms with Crippen molar-refractivity contribution < 1.29 is 4.79 Å². The highest BCUT2D eigenvalue weighted by atomic mass is 35.5. The first-order chi connectivity index (χ1) is 11.6. The van der Waals surface area contributed by atoms with Gasteiger partial charge in [0.05, 0.1) is 10.9 Å². The van der Waals surface area contributed by atoms with Crippen molar-refractivity contribution in [1.82, 2.24) is 9.80 Å². The number of nitrogens with zero attached hydrogens (tertiary/aromatic N) is 2. The van der Waals surface area contributed by atoms with Gasteiger partial charge in [-0.2, -0.15) is 0 Å². The maximum absolute atomic E-state index is 12.7. The first kappa shape index (κ1) is 19.0. The van der Waals surface area contributed by atoms with Gasteiger partial charge in [0.2, 0.25) is 0 Å². The molecule has 3 nitrogen and oxygen atoms in total. The molecule has 2 aromatic rings. The molecule has 24 heavy (non-hydrogen) atoms. The molecule has 0 bridgehead atoms. The van der Waals surface area contributed by atoms with E-state index in [1.54, 1.807) is 0 Å². The van der Waals surface area contributed by atoms with Crippen LogP contribution in [0, 0.1) is 0 Å². The van der Waals surface area contributed by atoms with Gasteiger partial charge in [-0.05, 0) is 49.8 Å². The number of carbonyl (C=O) groups excluding carboxylic acids is 1. The molecule has 0 aliphatic heterocycles. The summed E-state index contributed by atoms with van der Waals surface area (Å²) in [5, 5.41) is 0. The average Bonchev–Trinajstić information content (AvgIpc) is 3.02. The quantitative estimate of drug-likeness (QED) is 0.664. The van der Waals surface area contributed by atoms with E-state index < -0.39 is 0 Å². The second-order valence-electron chi connectivity index (χ2n) is 5.68. The van der Waals surface area contributed by atoms with Gasteiger partial charge in [0.1, 0.15) is 0 Å². The first-order valence-corrected chi connectivity index (χ1v) is 9.61. The molecule has 0 saturated heterocycles. The van der Waals surface area contributed by atoms with Gasteiger partial charge in [0, 0.05) is 23.5 Å².